The van der Waals surface area contributed by atoms with Gasteiger partial charge in [0.1, 0.15) is 12.4 Å². The Hall–Kier alpha value is -4.05. The molecule has 0 saturated carbocycles. The predicted octanol–water partition coefficient (Wildman–Crippen LogP) is 4.70. The van der Waals surface area contributed by atoms with Crippen LogP contribution in [0.4, 0.5) is 4.79 Å². The Balaban J connectivity index is 1.26. The first kappa shape index (κ1) is 29.0. The molecular formula is C33H38N4O6. The quantitative estimate of drug-likeness (QED) is 0.216. The first-order chi connectivity index (χ1) is 20.9. The maximum atomic E-state index is 13.5. The second-order valence-corrected chi connectivity index (χ2v) is 11.6. The van der Waals surface area contributed by atoms with Crippen LogP contribution in [0.5, 0.6) is 5.75 Å². The van der Waals surface area contributed by atoms with Crippen molar-refractivity contribution in [2.24, 2.45) is 0 Å². The van der Waals surface area contributed by atoms with E-state index >= 15 is 0 Å². The van der Waals surface area contributed by atoms with Crippen molar-refractivity contribution in [1.82, 2.24) is 19.4 Å². The molecule has 3 aromatic rings. The van der Waals surface area contributed by atoms with Crippen molar-refractivity contribution < 1.29 is 23.9 Å². The van der Waals surface area contributed by atoms with E-state index in [2.05, 4.69) is 4.90 Å². The van der Waals surface area contributed by atoms with E-state index in [1.165, 1.54) is 19.3 Å². The fourth-order valence-electron chi connectivity index (χ4n) is 6.96. The summed E-state index contributed by atoms with van der Waals surface area (Å²) >= 11 is 0. The van der Waals surface area contributed by atoms with Crippen LogP contribution in [-0.4, -0.2) is 69.9 Å². The third kappa shape index (κ3) is 5.44. The van der Waals surface area contributed by atoms with Crippen molar-refractivity contribution in [2.45, 2.75) is 78.0 Å². The molecule has 0 atom stereocenters. The number of carbonyl (C=O) groups excluding carboxylic acids is 3. The highest BCUT2D eigenvalue weighted by molar-refractivity contribution is 5.98. The van der Waals surface area contributed by atoms with Gasteiger partial charge in [0, 0.05) is 42.1 Å². The van der Waals surface area contributed by atoms with E-state index in [1.54, 1.807) is 28.5 Å². The Morgan fingerprint density at radius 1 is 1.02 bits per heavy atom. The minimum absolute atomic E-state index is 0.173. The lowest BCUT2D eigenvalue weighted by Crippen LogP contribution is -2.48. The van der Waals surface area contributed by atoms with Gasteiger partial charge in [-0.2, -0.15) is 0 Å². The highest BCUT2D eigenvalue weighted by Crippen LogP contribution is 2.37. The molecule has 3 aliphatic rings. The van der Waals surface area contributed by atoms with Gasteiger partial charge in [0.25, 0.3) is 12.0 Å². The summed E-state index contributed by atoms with van der Waals surface area (Å²) in [6.45, 7) is 7.79. The topological polar surface area (TPSA) is 111 Å². The molecule has 1 amide bonds. The zero-order chi connectivity index (χ0) is 30.1. The maximum Gasteiger partial charge on any atom is 0.415 e. The number of piperidine rings is 2. The highest BCUT2D eigenvalue weighted by Gasteiger charge is 2.31. The fraction of sp³-hybridized carbons (Fsp3) is 0.485. The van der Waals surface area contributed by atoms with Crippen molar-refractivity contribution in [2.75, 3.05) is 26.2 Å². The van der Waals surface area contributed by atoms with Crippen LogP contribution in [-0.2, 0) is 29.1 Å². The third-order valence-electron chi connectivity index (χ3n) is 9.24. The maximum absolute atomic E-state index is 13.5. The van der Waals surface area contributed by atoms with Gasteiger partial charge in [0.05, 0.1) is 29.0 Å². The molecule has 10 nitrogen and oxygen atoms in total. The Morgan fingerprint density at radius 3 is 2.49 bits per heavy atom. The monoisotopic (exact) mass is 586 g/mol. The van der Waals surface area contributed by atoms with Crippen LogP contribution in [0, 0.1) is 0 Å². The van der Waals surface area contributed by atoms with Gasteiger partial charge in [-0.15, -0.1) is 0 Å². The van der Waals surface area contributed by atoms with E-state index in [4.69, 9.17) is 14.5 Å². The van der Waals surface area contributed by atoms with Crippen LogP contribution < -0.4 is 10.3 Å². The molecule has 0 unspecified atom stereocenters. The van der Waals surface area contributed by atoms with E-state index in [-0.39, 0.29) is 48.1 Å². The summed E-state index contributed by atoms with van der Waals surface area (Å²) in [5, 5.41) is 0.866. The van der Waals surface area contributed by atoms with Crippen molar-refractivity contribution in [3.8, 4) is 17.1 Å². The van der Waals surface area contributed by atoms with Gasteiger partial charge in [0.15, 0.2) is 5.78 Å². The van der Waals surface area contributed by atoms with Crippen LogP contribution in [0.25, 0.3) is 22.3 Å². The van der Waals surface area contributed by atoms with E-state index in [0.717, 1.165) is 48.0 Å². The molecule has 2 saturated heterocycles. The summed E-state index contributed by atoms with van der Waals surface area (Å²) < 4.78 is 12.4. The van der Waals surface area contributed by atoms with Gasteiger partial charge in [0.2, 0.25) is 0 Å². The van der Waals surface area contributed by atoms with Gasteiger partial charge in [-0.05, 0) is 75.0 Å². The molecule has 1 aromatic carbocycles. The number of carbonyl (C=O) groups is 3. The van der Waals surface area contributed by atoms with Crippen molar-refractivity contribution in [3.63, 3.8) is 0 Å². The Morgan fingerprint density at radius 2 is 1.79 bits per heavy atom. The second-order valence-electron chi connectivity index (χ2n) is 11.6. The molecule has 10 heteroatoms. The number of nitrogens with zero attached hydrogens (tertiary/aromatic N) is 4. The molecule has 226 valence electrons. The van der Waals surface area contributed by atoms with Gasteiger partial charge in [-0.25, -0.2) is 9.78 Å². The molecule has 0 bridgehead atoms. The van der Waals surface area contributed by atoms with Crippen molar-refractivity contribution in [3.05, 3.63) is 56.9 Å². The molecule has 3 aliphatic heterocycles. The molecular weight excluding hydrogens is 548 g/mol. The molecule has 2 fully saturated rings. The van der Waals surface area contributed by atoms with Crippen LogP contribution in [0.1, 0.15) is 79.4 Å². The molecule has 0 aliphatic carbocycles. The van der Waals surface area contributed by atoms with Crippen LogP contribution in [0.15, 0.2) is 29.1 Å². The summed E-state index contributed by atoms with van der Waals surface area (Å²) in [5.74, 6) is 0.265. The van der Waals surface area contributed by atoms with E-state index in [9.17, 15) is 19.2 Å². The Kier molecular flexibility index (Phi) is 8.30. The number of likely N-dealkylation sites (tertiary alicyclic amines) is 2. The average molecular weight is 587 g/mol. The summed E-state index contributed by atoms with van der Waals surface area (Å²) in [4.78, 5) is 59.6. The number of ether oxygens (including phenoxy) is 2. The molecule has 6 rings (SSSR count). The first-order valence-corrected chi connectivity index (χ1v) is 15.4. The van der Waals surface area contributed by atoms with E-state index in [0.29, 0.717) is 49.2 Å². The molecule has 0 spiro atoms. The lowest BCUT2D eigenvalue weighted by Gasteiger charge is -2.39. The number of benzene rings is 1. The second kappa shape index (κ2) is 12.3. The number of hydrogen-bond acceptors (Lipinski definition) is 8. The number of amides is 1. The van der Waals surface area contributed by atoms with Crippen LogP contribution >= 0.6 is 0 Å². The lowest BCUT2D eigenvalue weighted by atomic mass is 9.97. The van der Waals surface area contributed by atoms with E-state index in [1.807, 2.05) is 19.1 Å². The van der Waals surface area contributed by atoms with Gasteiger partial charge < -0.3 is 23.8 Å². The molecule has 5 heterocycles. The zero-order valence-electron chi connectivity index (χ0n) is 24.9. The van der Waals surface area contributed by atoms with Crippen molar-refractivity contribution in [1.29, 1.82) is 0 Å². The van der Waals surface area contributed by atoms with Crippen molar-refractivity contribution >= 4 is 29.3 Å². The largest absolute Gasteiger partial charge is 0.463 e. The number of Topliss-reactive ketones (excluding diaryl/α,β-unsaturated/α-hetero) is 1. The standard InChI is InChI=1S/C33H38N4O6/c1-3-23-24-16-22(43-33(41)36-14-10-21(11-15-36)35-12-6-5-7-13-35)8-9-28(24)34-31-26(23)18-37-29(31)17-25(30(39)4-2)27(32(37)40)19-42-20-38/h8-9,16-17,20-21H,3-7,10-15,18-19H2,1-2H3. The highest BCUT2D eigenvalue weighted by atomic mass is 16.6. The number of pyridine rings is 2. The average Bonchev–Trinajstić information content (AvgIpc) is 3.41. The lowest BCUT2D eigenvalue weighted by molar-refractivity contribution is -0.129. The number of ketones is 1. The smallest absolute Gasteiger partial charge is 0.415 e. The molecule has 43 heavy (non-hydrogen) atoms. The molecule has 0 radical (unpaired) electrons. The number of rotatable bonds is 8. The summed E-state index contributed by atoms with van der Waals surface area (Å²) in [7, 11) is 0. The predicted molar refractivity (Wildman–Crippen MR) is 161 cm³/mol. The van der Waals surface area contributed by atoms with Gasteiger partial charge in [-0.1, -0.05) is 20.3 Å². The molecule has 0 N–H and O–H groups in total. The Labute approximate surface area is 250 Å². The van der Waals surface area contributed by atoms with Gasteiger partial charge >= 0.3 is 6.09 Å². The summed E-state index contributed by atoms with van der Waals surface area (Å²) in [6.07, 6.45) is 6.34. The number of aryl methyl sites for hydroxylation is 1. The van der Waals surface area contributed by atoms with Crippen LogP contribution in [0.3, 0.4) is 0 Å². The van der Waals surface area contributed by atoms with Crippen LogP contribution in [0.2, 0.25) is 0 Å². The summed E-state index contributed by atoms with van der Waals surface area (Å²) in [6, 6.07) is 7.71. The van der Waals surface area contributed by atoms with E-state index < -0.39 is 0 Å². The zero-order valence-corrected chi connectivity index (χ0v) is 24.9. The summed E-state index contributed by atoms with van der Waals surface area (Å²) in [5.41, 5.74) is 3.94. The first-order valence-electron chi connectivity index (χ1n) is 15.4. The third-order valence-corrected chi connectivity index (χ3v) is 9.24. The normalized spacial score (nSPS) is 17.0. The number of hydrogen-bond donors (Lipinski definition) is 0. The minimum Gasteiger partial charge on any atom is -0.463 e. The minimum atomic E-state index is -0.362. The Bertz CT molecular complexity index is 1630. The van der Waals surface area contributed by atoms with Gasteiger partial charge in [-0.3, -0.25) is 14.4 Å². The molecule has 2 aromatic heterocycles. The number of fused-ring (bicyclic) bond motifs is 4. The fourth-order valence-corrected chi connectivity index (χ4v) is 6.96. The number of aromatic nitrogens is 2. The SMILES string of the molecule is CCC(=O)c1cc2n(c(=O)c1COC=O)Cc1c-2nc2ccc(OC(=O)N3CCC(N4CCCCC4)CC3)cc2c1CC.